The van der Waals surface area contributed by atoms with Gasteiger partial charge in [0.1, 0.15) is 12.4 Å². The number of aliphatic hydroxyl groups is 1. The molecule has 0 radical (unpaired) electrons. The molecule has 0 saturated heterocycles. The fourth-order valence-electron chi connectivity index (χ4n) is 2.31. The number of anilines is 1. The Labute approximate surface area is 140 Å². The Kier molecular flexibility index (Phi) is 6.74. The highest BCUT2D eigenvalue weighted by atomic mass is 19.1. The van der Waals surface area contributed by atoms with Crippen LogP contribution < -0.4 is 10.6 Å². The molecule has 0 aliphatic carbocycles. The molecule has 2 aromatic rings. The highest BCUT2D eigenvalue weighted by molar-refractivity contribution is 5.75. The Bertz CT molecular complexity index is 642. The SMILES string of the molecule is CC(CCc1ccc(F)cc1)Nc1cnn(CC(=O)NCCO)c1. The van der Waals surface area contributed by atoms with Crippen LogP contribution >= 0.6 is 0 Å². The zero-order valence-corrected chi connectivity index (χ0v) is 13.7. The Morgan fingerprint density at radius 3 is 2.83 bits per heavy atom. The number of hydrogen-bond acceptors (Lipinski definition) is 4. The fraction of sp³-hybridized carbons (Fsp3) is 0.412. The summed E-state index contributed by atoms with van der Waals surface area (Å²) in [6, 6.07) is 6.75. The van der Waals surface area contributed by atoms with E-state index in [9.17, 15) is 9.18 Å². The first-order valence-electron chi connectivity index (χ1n) is 7.98. The van der Waals surface area contributed by atoms with Crippen LogP contribution in [0.2, 0.25) is 0 Å². The Balaban J connectivity index is 1.76. The summed E-state index contributed by atoms with van der Waals surface area (Å²) in [6.07, 6.45) is 5.20. The first-order valence-corrected chi connectivity index (χ1v) is 7.98. The molecule has 24 heavy (non-hydrogen) atoms. The number of amides is 1. The van der Waals surface area contributed by atoms with Crippen LogP contribution in [0.5, 0.6) is 0 Å². The van der Waals surface area contributed by atoms with Gasteiger partial charge in [-0.05, 0) is 37.5 Å². The van der Waals surface area contributed by atoms with Crippen molar-refractivity contribution < 1.29 is 14.3 Å². The van der Waals surface area contributed by atoms with E-state index >= 15 is 0 Å². The van der Waals surface area contributed by atoms with Gasteiger partial charge in [-0.1, -0.05) is 12.1 Å². The minimum atomic E-state index is -0.222. The lowest BCUT2D eigenvalue weighted by molar-refractivity contribution is -0.122. The normalized spacial score (nSPS) is 12.0. The van der Waals surface area contributed by atoms with Crippen LogP contribution in [0.25, 0.3) is 0 Å². The highest BCUT2D eigenvalue weighted by Gasteiger charge is 2.07. The molecule has 0 saturated carbocycles. The molecule has 0 aliphatic rings. The quantitative estimate of drug-likeness (QED) is 0.650. The third-order valence-corrected chi connectivity index (χ3v) is 3.57. The Morgan fingerprint density at radius 2 is 2.12 bits per heavy atom. The number of carbonyl (C=O) groups excluding carboxylic acids is 1. The van der Waals surface area contributed by atoms with Crippen molar-refractivity contribution in [3.8, 4) is 0 Å². The predicted octanol–water partition coefficient (Wildman–Crippen LogP) is 1.56. The molecule has 2 rings (SSSR count). The molecule has 6 nitrogen and oxygen atoms in total. The van der Waals surface area contributed by atoms with E-state index in [2.05, 4.69) is 22.7 Å². The van der Waals surface area contributed by atoms with Gasteiger partial charge in [0.15, 0.2) is 0 Å². The fourth-order valence-corrected chi connectivity index (χ4v) is 2.31. The number of aromatic nitrogens is 2. The van der Waals surface area contributed by atoms with Crippen LogP contribution in [0.4, 0.5) is 10.1 Å². The summed E-state index contributed by atoms with van der Waals surface area (Å²) >= 11 is 0. The Morgan fingerprint density at radius 1 is 1.38 bits per heavy atom. The minimum Gasteiger partial charge on any atom is -0.395 e. The van der Waals surface area contributed by atoms with Crippen LogP contribution in [0, 0.1) is 5.82 Å². The van der Waals surface area contributed by atoms with Crippen molar-refractivity contribution in [2.75, 3.05) is 18.5 Å². The number of nitrogens with zero attached hydrogens (tertiary/aromatic N) is 2. The molecule has 1 heterocycles. The number of aliphatic hydroxyl groups excluding tert-OH is 1. The first kappa shape index (κ1) is 17.9. The van der Waals surface area contributed by atoms with Crippen molar-refractivity contribution in [1.29, 1.82) is 0 Å². The van der Waals surface area contributed by atoms with E-state index in [0.29, 0.717) is 0 Å². The number of aryl methyl sites for hydroxylation is 1. The monoisotopic (exact) mass is 334 g/mol. The molecule has 0 aliphatic heterocycles. The van der Waals surface area contributed by atoms with E-state index in [-0.39, 0.29) is 37.5 Å². The predicted molar refractivity (Wildman–Crippen MR) is 90.1 cm³/mol. The maximum absolute atomic E-state index is 12.9. The largest absolute Gasteiger partial charge is 0.395 e. The van der Waals surface area contributed by atoms with E-state index in [0.717, 1.165) is 24.1 Å². The maximum Gasteiger partial charge on any atom is 0.241 e. The third-order valence-electron chi connectivity index (χ3n) is 3.57. The third kappa shape index (κ3) is 6.00. The van der Waals surface area contributed by atoms with E-state index < -0.39 is 0 Å². The minimum absolute atomic E-state index is 0.0801. The number of carbonyl (C=O) groups is 1. The maximum atomic E-state index is 12.9. The standard InChI is InChI=1S/C17H23FN4O2/c1-13(2-3-14-4-6-15(18)7-5-14)21-16-10-20-22(11-16)12-17(24)19-8-9-23/h4-7,10-11,13,21,23H,2-3,8-9,12H2,1H3,(H,19,24). The molecule has 7 heteroatoms. The molecule has 1 aromatic heterocycles. The van der Waals surface area contributed by atoms with Crippen LogP contribution in [-0.4, -0.2) is 40.0 Å². The van der Waals surface area contributed by atoms with Crippen molar-refractivity contribution >= 4 is 11.6 Å². The van der Waals surface area contributed by atoms with Crippen LogP contribution in [-0.2, 0) is 17.8 Å². The van der Waals surface area contributed by atoms with Crippen molar-refractivity contribution in [3.63, 3.8) is 0 Å². The van der Waals surface area contributed by atoms with Crippen LogP contribution in [0.1, 0.15) is 18.9 Å². The Hall–Kier alpha value is -2.41. The highest BCUT2D eigenvalue weighted by Crippen LogP contribution is 2.12. The molecule has 0 bridgehead atoms. The second kappa shape index (κ2) is 9.02. The molecule has 130 valence electrons. The van der Waals surface area contributed by atoms with Crippen molar-refractivity contribution in [1.82, 2.24) is 15.1 Å². The van der Waals surface area contributed by atoms with E-state index in [4.69, 9.17) is 5.11 Å². The zero-order valence-electron chi connectivity index (χ0n) is 13.7. The lowest BCUT2D eigenvalue weighted by Gasteiger charge is -2.13. The van der Waals surface area contributed by atoms with Gasteiger partial charge in [-0.2, -0.15) is 5.10 Å². The van der Waals surface area contributed by atoms with Gasteiger partial charge in [-0.15, -0.1) is 0 Å². The first-order chi connectivity index (χ1) is 11.6. The van der Waals surface area contributed by atoms with E-state index in [1.165, 1.54) is 12.1 Å². The van der Waals surface area contributed by atoms with Gasteiger partial charge in [0.25, 0.3) is 0 Å². The van der Waals surface area contributed by atoms with Gasteiger partial charge in [-0.25, -0.2) is 4.39 Å². The molecule has 0 spiro atoms. The van der Waals surface area contributed by atoms with E-state index in [1.54, 1.807) is 29.2 Å². The van der Waals surface area contributed by atoms with Gasteiger partial charge in [-0.3, -0.25) is 9.48 Å². The molecule has 1 amide bonds. The van der Waals surface area contributed by atoms with Gasteiger partial charge in [0.2, 0.25) is 5.91 Å². The lowest BCUT2D eigenvalue weighted by atomic mass is 10.1. The lowest BCUT2D eigenvalue weighted by Crippen LogP contribution is -2.30. The number of nitrogens with one attached hydrogen (secondary N) is 2. The molecular weight excluding hydrogens is 311 g/mol. The summed E-state index contributed by atoms with van der Waals surface area (Å²) in [5, 5.41) is 18.7. The molecule has 1 atom stereocenters. The summed E-state index contributed by atoms with van der Waals surface area (Å²) in [6.45, 7) is 2.34. The van der Waals surface area contributed by atoms with Gasteiger partial charge >= 0.3 is 0 Å². The summed E-state index contributed by atoms with van der Waals surface area (Å²) in [5.74, 6) is -0.413. The van der Waals surface area contributed by atoms with E-state index in [1.807, 2.05) is 0 Å². The number of hydrogen-bond donors (Lipinski definition) is 3. The average Bonchev–Trinajstić information content (AvgIpc) is 2.99. The molecule has 3 N–H and O–H groups in total. The number of rotatable bonds is 9. The van der Waals surface area contributed by atoms with Crippen molar-refractivity contribution in [2.45, 2.75) is 32.4 Å². The van der Waals surface area contributed by atoms with Gasteiger partial charge < -0.3 is 15.7 Å². The van der Waals surface area contributed by atoms with Crippen molar-refractivity contribution in [2.24, 2.45) is 0 Å². The summed E-state index contributed by atoms with van der Waals surface area (Å²) in [4.78, 5) is 11.6. The zero-order chi connectivity index (χ0) is 17.4. The van der Waals surface area contributed by atoms with Gasteiger partial charge in [0, 0.05) is 18.8 Å². The average molecular weight is 334 g/mol. The second-order valence-electron chi connectivity index (χ2n) is 5.71. The van der Waals surface area contributed by atoms with Crippen LogP contribution in [0.15, 0.2) is 36.7 Å². The molecular formula is C17H23FN4O2. The summed E-state index contributed by atoms with van der Waals surface area (Å²) in [5.41, 5.74) is 1.94. The topological polar surface area (TPSA) is 79.2 Å². The molecule has 1 aromatic carbocycles. The summed E-state index contributed by atoms with van der Waals surface area (Å²) in [7, 11) is 0. The molecule has 1 unspecified atom stereocenters. The van der Waals surface area contributed by atoms with Crippen molar-refractivity contribution in [3.05, 3.63) is 48.0 Å². The summed E-state index contributed by atoms with van der Waals surface area (Å²) < 4.78 is 14.4. The molecule has 0 fully saturated rings. The number of benzene rings is 1. The number of halogens is 1. The van der Waals surface area contributed by atoms with Gasteiger partial charge in [0.05, 0.1) is 18.5 Å². The van der Waals surface area contributed by atoms with Crippen LogP contribution in [0.3, 0.4) is 0 Å². The second-order valence-corrected chi connectivity index (χ2v) is 5.71. The smallest absolute Gasteiger partial charge is 0.241 e.